The van der Waals surface area contributed by atoms with Gasteiger partial charge in [-0.05, 0) is 0 Å². The number of carbonyl (C=O) groups excluding carboxylic acids is 1. The molecule has 0 radical (unpaired) electrons. The number of rotatable bonds is 2. The molecule has 0 saturated heterocycles. The third-order valence-electron chi connectivity index (χ3n) is 0.482. The first kappa shape index (κ1) is 9.92. The highest BCUT2D eigenvalue weighted by Gasteiger charge is 2.45. The summed E-state index contributed by atoms with van der Waals surface area (Å²) >= 11 is 0. The van der Waals surface area contributed by atoms with Crippen LogP contribution in [-0.4, -0.2) is 11.7 Å². The molecule has 0 saturated carbocycles. The van der Waals surface area contributed by atoms with E-state index in [0.29, 0.717) is 0 Å². The first-order valence-corrected chi connectivity index (χ1v) is 4.55. The smallest absolute Gasteiger partial charge is 0.280 e. The van der Waals surface area contributed by atoms with Crippen LogP contribution in [0.2, 0.25) is 0 Å². The maximum atomic E-state index is 11.7. The van der Waals surface area contributed by atoms with Crippen molar-refractivity contribution in [2.45, 2.75) is 6.18 Å². The van der Waals surface area contributed by atoms with Gasteiger partial charge < -0.3 is 0 Å². The Kier molecular flexibility index (Phi) is 3.33. The number of hydrogen-bond donors (Lipinski definition) is 0. The maximum absolute atomic E-state index is 11.7. The molecule has 8 heteroatoms. The molecule has 0 N–H and O–H groups in total. The fourth-order valence-corrected chi connectivity index (χ4v) is 0.988. The molecule has 0 bridgehead atoms. The average Bonchev–Trinajstić information content (AvgIpc) is 1.83. The monoisotopic (exact) mass is 194 g/mol. The third-order valence-corrected chi connectivity index (χ3v) is 2.19. The lowest BCUT2D eigenvalue weighted by Crippen LogP contribution is -2.18. The van der Waals surface area contributed by atoms with E-state index in [2.05, 4.69) is 0 Å². The Balaban J connectivity index is 4.22. The van der Waals surface area contributed by atoms with Crippen LogP contribution in [0, 0.1) is 0 Å². The average molecular weight is 194 g/mol. The molecule has 0 aliphatic rings. The zero-order valence-electron chi connectivity index (χ0n) is 4.22. The van der Waals surface area contributed by atoms with Gasteiger partial charge in [-0.1, -0.05) is 0 Å². The van der Waals surface area contributed by atoms with Crippen molar-refractivity contribution >= 4 is 21.6 Å². The summed E-state index contributed by atoms with van der Waals surface area (Å²) in [6, 6.07) is 0. The molecule has 2 nitrogen and oxygen atoms in total. The molecule has 0 amide bonds. The highest BCUT2D eigenvalue weighted by molar-refractivity contribution is 8.22. The van der Waals surface area contributed by atoms with Crippen molar-refractivity contribution in [2.75, 3.05) is 0 Å². The van der Waals surface area contributed by atoms with Crippen LogP contribution in [-0.2, 0) is 9.36 Å². The Morgan fingerprint density at radius 2 is 1.80 bits per heavy atom. The van der Waals surface area contributed by atoms with Crippen molar-refractivity contribution in [1.82, 2.24) is 0 Å². The second kappa shape index (κ2) is 3.35. The largest absolute Gasteiger partial charge is 0.458 e. The molecule has 0 rings (SSSR count). The Morgan fingerprint density at radius 1 is 1.40 bits per heavy atom. The summed E-state index contributed by atoms with van der Waals surface area (Å²) in [4.78, 5) is 9.72. The van der Waals surface area contributed by atoms with Crippen molar-refractivity contribution in [1.29, 1.82) is 0 Å². The van der Waals surface area contributed by atoms with Gasteiger partial charge in [0, 0.05) is 0 Å². The van der Waals surface area contributed by atoms with Gasteiger partial charge in [0.2, 0.25) is 8.15 Å². The van der Waals surface area contributed by atoms with Gasteiger partial charge in [-0.2, -0.15) is 13.2 Å². The number of carbonyl (C=O) groups is 1. The minimum absolute atomic E-state index is 1.40. The Morgan fingerprint density at radius 3 is 1.90 bits per heavy atom. The summed E-state index contributed by atoms with van der Waals surface area (Å²) in [6.07, 6.45) is -5.21. The molecule has 0 aromatic carbocycles. The van der Waals surface area contributed by atoms with E-state index in [1.54, 1.807) is 0 Å². The zero-order chi connectivity index (χ0) is 8.36. The topological polar surface area (TPSA) is 34.1 Å². The van der Waals surface area contributed by atoms with Crippen molar-refractivity contribution in [3.05, 3.63) is 0 Å². The maximum Gasteiger partial charge on any atom is 0.458 e. The molecule has 1 atom stereocenters. The predicted octanol–water partition coefficient (Wildman–Crippen LogP) is 2.65. The number of halogens is 4. The minimum Gasteiger partial charge on any atom is -0.280 e. The highest BCUT2D eigenvalue weighted by Crippen LogP contribution is 2.54. The van der Waals surface area contributed by atoms with E-state index in [1.807, 2.05) is 0 Å². The minimum atomic E-state index is -5.21. The molecule has 58 valence electrons. The van der Waals surface area contributed by atoms with E-state index in [-0.39, 0.29) is 0 Å². The van der Waals surface area contributed by atoms with Gasteiger partial charge in [0.15, 0.2) is 0 Å². The van der Waals surface area contributed by atoms with Gasteiger partial charge in [0.25, 0.3) is 7.92 Å². The van der Waals surface area contributed by atoms with Crippen molar-refractivity contribution in [3.8, 4) is 0 Å². The summed E-state index contributed by atoms with van der Waals surface area (Å²) < 4.78 is 54.6. The highest BCUT2D eigenvalue weighted by atomic mass is 32.1. The fraction of sp³-hybridized carbons (Fsp3) is 0.500. The normalized spacial score (nSPS) is 15.2. The van der Waals surface area contributed by atoms with Crippen LogP contribution < -0.4 is 0 Å². The predicted molar refractivity (Wildman–Crippen MR) is 26.7 cm³/mol. The quantitative estimate of drug-likeness (QED) is 0.500. The summed E-state index contributed by atoms with van der Waals surface area (Å²) in [6.45, 7) is 0. The molecule has 10 heavy (non-hydrogen) atoms. The summed E-state index contributed by atoms with van der Waals surface area (Å²) in [7, 11) is -4.97. The molecule has 0 heterocycles. The van der Waals surface area contributed by atoms with Crippen molar-refractivity contribution < 1.29 is 26.7 Å². The Hall–Kier alpha value is -0.0800. The first-order valence-electron chi connectivity index (χ1n) is 1.80. The second-order valence-electron chi connectivity index (χ2n) is 1.14. The van der Waals surface area contributed by atoms with Crippen LogP contribution in [0.25, 0.3) is 0 Å². The molecule has 0 aliphatic carbocycles. The summed E-state index contributed by atoms with van der Waals surface area (Å²) in [5.41, 5.74) is -2.56. The van der Waals surface area contributed by atoms with Gasteiger partial charge in [-0.3, -0.25) is 9.36 Å². The van der Waals surface area contributed by atoms with E-state index < -0.39 is 27.8 Å². The lowest BCUT2D eigenvalue weighted by atomic mass is 10.8. The molecule has 0 aliphatic heterocycles. The standard InChI is InChI=1S/C2F4O2P2/c3-2(4,5)1(7)10(6)9-8. The zero-order valence-corrected chi connectivity index (χ0v) is 6.01. The SMILES string of the molecule is O=PP(F)C(=O)C(F)(F)F. The van der Waals surface area contributed by atoms with E-state index in [9.17, 15) is 26.7 Å². The Bertz CT molecular complexity index is 154. The summed E-state index contributed by atoms with van der Waals surface area (Å²) in [5, 5.41) is 0. The van der Waals surface area contributed by atoms with Crippen LogP contribution in [0.3, 0.4) is 0 Å². The molecule has 0 aromatic heterocycles. The van der Waals surface area contributed by atoms with Crippen LogP contribution in [0.1, 0.15) is 0 Å². The van der Waals surface area contributed by atoms with Gasteiger partial charge in [-0.25, -0.2) is 4.20 Å². The van der Waals surface area contributed by atoms with E-state index in [1.165, 1.54) is 0 Å². The van der Waals surface area contributed by atoms with Gasteiger partial charge in [0.1, 0.15) is 0 Å². The Labute approximate surface area is 55.6 Å². The van der Waals surface area contributed by atoms with E-state index in [0.717, 1.165) is 0 Å². The van der Waals surface area contributed by atoms with Crippen LogP contribution in [0.4, 0.5) is 17.4 Å². The lowest BCUT2D eigenvalue weighted by molar-refractivity contribution is -0.161. The van der Waals surface area contributed by atoms with Crippen LogP contribution >= 0.6 is 16.1 Å². The molecule has 1 unspecified atom stereocenters. The molecular weight excluding hydrogens is 194 g/mol. The van der Waals surface area contributed by atoms with E-state index >= 15 is 0 Å². The van der Waals surface area contributed by atoms with Crippen molar-refractivity contribution in [3.63, 3.8) is 0 Å². The first-order chi connectivity index (χ1) is 4.39. The third kappa shape index (κ3) is 2.67. The molecular formula is C2F4O2P2. The molecule has 0 aromatic rings. The van der Waals surface area contributed by atoms with Gasteiger partial charge in [-0.15, -0.1) is 0 Å². The van der Waals surface area contributed by atoms with Crippen LogP contribution in [0.5, 0.6) is 0 Å². The fourth-order valence-electron chi connectivity index (χ4n) is 0.142. The summed E-state index contributed by atoms with van der Waals surface area (Å²) in [5.74, 6) is 0. The lowest BCUT2D eigenvalue weighted by Gasteiger charge is -2.01. The van der Waals surface area contributed by atoms with Gasteiger partial charge in [0.05, 0.1) is 0 Å². The number of alkyl halides is 3. The van der Waals surface area contributed by atoms with Crippen molar-refractivity contribution in [2.24, 2.45) is 0 Å². The second-order valence-corrected chi connectivity index (χ2v) is 3.78. The number of hydrogen-bond acceptors (Lipinski definition) is 2. The van der Waals surface area contributed by atoms with E-state index in [4.69, 9.17) is 0 Å². The van der Waals surface area contributed by atoms with Gasteiger partial charge >= 0.3 is 11.7 Å². The van der Waals surface area contributed by atoms with Crippen LogP contribution in [0.15, 0.2) is 0 Å². The molecule has 0 spiro atoms. The molecule has 0 fully saturated rings.